The Bertz CT molecular complexity index is 1150. The number of carbonyl (C=O) groups excluding carboxylic acids is 1. The van der Waals surface area contributed by atoms with Crippen molar-refractivity contribution in [2.24, 2.45) is 7.05 Å². The van der Waals surface area contributed by atoms with E-state index in [1.165, 1.54) is 11.8 Å². The number of aromatic nitrogens is 5. The molecule has 0 radical (unpaired) electrons. The molecule has 4 aromatic rings. The number of thioether (sulfide) groups is 1. The first-order chi connectivity index (χ1) is 13.5. The molecule has 3 aromatic heterocycles. The Labute approximate surface area is 174 Å². The molecule has 10 heteroatoms. The summed E-state index contributed by atoms with van der Waals surface area (Å²) in [5, 5.41) is 14.7. The average molecular weight is 433 g/mol. The summed E-state index contributed by atoms with van der Waals surface area (Å²) in [5.74, 6) is 0.882. The van der Waals surface area contributed by atoms with Crippen LogP contribution >= 0.6 is 34.7 Å². The third-order valence-corrected chi connectivity index (χ3v) is 6.39. The standard InChI is InChI=1S/C18H17ClN6OS2/c1-11-15(25-7-8-27-17(25)21-11)16-22-23-18(24(16)2)28-10-14(26)20-9-12-5-3-4-6-13(12)19/h3-8H,9-10H2,1-2H3,(H,20,26). The Balaban J connectivity index is 1.42. The summed E-state index contributed by atoms with van der Waals surface area (Å²) in [4.78, 5) is 17.7. The molecule has 7 nitrogen and oxygen atoms in total. The molecule has 0 saturated heterocycles. The van der Waals surface area contributed by atoms with Gasteiger partial charge in [0.1, 0.15) is 5.69 Å². The van der Waals surface area contributed by atoms with Crippen LogP contribution in [0, 0.1) is 6.92 Å². The van der Waals surface area contributed by atoms with Crippen molar-refractivity contribution in [3.8, 4) is 11.5 Å². The smallest absolute Gasteiger partial charge is 0.230 e. The van der Waals surface area contributed by atoms with Crippen LogP contribution < -0.4 is 5.32 Å². The summed E-state index contributed by atoms with van der Waals surface area (Å²) >= 11 is 9.03. The van der Waals surface area contributed by atoms with Gasteiger partial charge in [0.05, 0.1) is 11.4 Å². The monoisotopic (exact) mass is 432 g/mol. The minimum absolute atomic E-state index is 0.0878. The maximum atomic E-state index is 12.2. The molecule has 1 N–H and O–H groups in total. The van der Waals surface area contributed by atoms with Gasteiger partial charge in [-0.2, -0.15) is 0 Å². The maximum absolute atomic E-state index is 12.2. The molecule has 3 heterocycles. The van der Waals surface area contributed by atoms with Crippen LogP contribution in [0.5, 0.6) is 0 Å². The van der Waals surface area contributed by atoms with Gasteiger partial charge in [-0.05, 0) is 18.6 Å². The molecule has 4 rings (SSSR count). The van der Waals surface area contributed by atoms with Crippen molar-refractivity contribution in [2.45, 2.75) is 18.6 Å². The second kappa shape index (κ2) is 7.94. The Morgan fingerprint density at radius 2 is 2.14 bits per heavy atom. The zero-order valence-corrected chi connectivity index (χ0v) is 17.6. The minimum atomic E-state index is -0.0878. The van der Waals surface area contributed by atoms with E-state index in [1.54, 1.807) is 11.3 Å². The van der Waals surface area contributed by atoms with Gasteiger partial charge in [-0.15, -0.1) is 21.5 Å². The summed E-state index contributed by atoms with van der Waals surface area (Å²) in [6, 6.07) is 7.46. The highest BCUT2D eigenvalue weighted by atomic mass is 35.5. The van der Waals surface area contributed by atoms with Gasteiger partial charge < -0.3 is 9.88 Å². The fourth-order valence-corrected chi connectivity index (χ4v) is 4.53. The molecule has 0 spiro atoms. The summed E-state index contributed by atoms with van der Waals surface area (Å²) in [5.41, 5.74) is 2.71. The number of aryl methyl sites for hydroxylation is 1. The summed E-state index contributed by atoms with van der Waals surface area (Å²) in [7, 11) is 1.89. The number of hydrogen-bond donors (Lipinski definition) is 1. The Morgan fingerprint density at radius 1 is 1.32 bits per heavy atom. The highest BCUT2D eigenvalue weighted by Crippen LogP contribution is 2.27. The lowest BCUT2D eigenvalue weighted by Crippen LogP contribution is -2.24. The van der Waals surface area contributed by atoms with Crippen LogP contribution in [0.25, 0.3) is 16.5 Å². The molecule has 0 atom stereocenters. The van der Waals surface area contributed by atoms with E-state index in [1.807, 2.05) is 58.8 Å². The topological polar surface area (TPSA) is 77.1 Å². The predicted molar refractivity (Wildman–Crippen MR) is 112 cm³/mol. The zero-order chi connectivity index (χ0) is 19.7. The van der Waals surface area contributed by atoms with Crippen molar-refractivity contribution in [3.63, 3.8) is 0 Å². The van der Waals surface area contributed by atoms with Gasteiger partial charge in [-0.3, -0.25) is 9.20 Å². The van der Waals surface area contributed by atoms with Crippen LogP contribution in [-0.4, -0.2) is 35.8 Å². The fraction of sp³-hybridized carbons (Fsp3) is 0.222. The molecule has 0 bridgehead atoms. The van der Waals surface area contributed by atoms with Gasteiger partial charge >= 0.3 is 0 Å². The number of thiazole rings is 1. The van der Waals surface area contributed by atoms with Crippen molar-refractivity contribution >= 4 is 45.6 Å². The summed E-state index contributed by atoms with van der Waals surface area (Å²) in [6.45, 7) is 2.35. The number of fused-ring (bicyclic) bond motifs is 1. The molecule has 0 unspecified atom stereocenters. The quantitative estimate of drug-likeness (QED) is 0.471. The van der Waals surface area contributed by atoms with Crippen LogP contribution in [0.15, 0.2) is 41.0 Å². The number of hydrogen-bond acceptors (Lipinski definition) is 6. The molecular weight excluding hydrogens is 416 g/mol. The molecule has 1 aromatic carbocycles. The van der Waals surface area contributed by atoms with E-state index in [-0.39, 0.29) is 11.7 Å². The van der Waals surface area contributed by atoms with Crippen molar-refractivity contribution < 1.29 is 4.79 Å². The molecule has 0 fully saturated rings. The highest BCUT2D eigenvalue weighted by molar-refractivity contribution is 7.99. The zero-order valence-electron chi connectivity index (χ0n) is 15.2. The number of benzene rings is 1. The number of nitrogens with zero attached hydrogens (tertiary/aromatic N) is 5. The first-order valence-corrected chi connectivity index (χ1v) is 10.7. The molecular formula is C18H17ClN6OS2. The van der Waals surface area contributed by atoms with E-state index in [0.717, 1.165) is 27.7 Å². The molecule has 0 aliphatic rings. The maximum Gasteiger partial charge on any atom is 0.230 e. The first kappa shape index (κ1) is 19.0. The normalized spacial score (nSPS) is 11.2. The molecule has 0 aliphatic heterocycles. The SMILES string of the molecule is Cc1nc2sccn2c1-c1nnc(SCC(=O)NCc2ccccc2Cl)n1C. The Kier molecular flexibility index (Phi) is 5.38. The van der Waals surface area contributed by atoms with Crippen LogP contribution in [0.3, 0.4) is 0 Å². The number of halogens is 1. The largest absolute Gasteiger partial charge is 0.351 e. The van der Waals surface area contributed by atoms with Gasteiger partial charge in [0, 0.05) is 30.2 Å². The number of nitrogens with one attached hydrogen (secondary N) is 1. The molecule has 0 aliphatic carbocycles. The summed E-state index contributed by atoms with van der Waals surface area (Å²) in [6.07, 6.45) is 1.97. The lowest BCUT2D eigenvalue weighted by Gasteiger charge is -2.07. The van der Waals surface area contributed by atoms with Gasteiger partial charge in [0.15, 0.2) is 15.9 Å². The van der Waals surface area contributed by atoms with Crippen molar-refractivity contribution in [2.75, 3.05) is 5.75 Å². The second-order valence-corrected chi connectivity index (χ2v) is 8.35. The van der Waals surface area contributed by atoms with E-state index in [4.69, 9.17) is 11.6 Å². The predicted octanol–water partition coefficient (Wildman–Crippen LogP) is 3.56. The highest BCUT2D eigenvalue weighted by Gasteiger charge is 2.19. The van der Waals surface area contributed by atoms with Crippen molar-refractivity contribution in [3.05, 3.63) is 52.1 Å². The number of imidazole rings is 1. The number of amides is 1. The second-order valence-electron chi connectivity index (χ2n) is 6.12. The van der Waals surface area contributed by atoms with Crippen LogP contribution in [0.2, 0.25) is 5.02 Å². The number of carbonyl (C=O) groups is 1. The summed E-state index contributed by atoms with van der Waals surface area (Å²) < 4.78 is 3.90. The van der Waals surface area contributed by atoms with Crippen molar-refractivity contribution in [1.29, 1.82) is 0 Å². The van der Waals surface area contributed by atoms with Gasteiger partial charge in [0.2, 0.25) is 5.91 Å². The van der Waals surface area contributed by atoms with Crippen LogP contribution in [-0.2, 0) is 18.4 Å². The van der Waals surface area contributed by atoms with Gasteiger partial charge in [-0.25, -0.2) is 4.98 Å². The van der Waals surface area contributed by atoms with Crippen LogP contribution in [0.4, 0.5) is 0 Å². The van der Waals surface area contributed by atoms with E-state index in [9.17, 15) is 4.79 Å². The van der Waals surface area contributed by atoms with Gasteiger partial charge in [0.25, 0.3) is 0 Å². The lowest BCUT2D eigenvalue weighted by molar-refractivity contribution is -0.118. The molecule has 28 heavy (non-hydrogen) atoms. The van der Waals surface area contributed by atoms with Crippen molar-refractivity contribution in [1.82, 2.24) is 29.5 Å². The minimum Gasteiger partial charge on any atom is -0.351 e. The third kappa shape index (κ3) is 3.65. The lowest BCUT2D eigenvalue weighted by atomic mass is 10.2. The third-order valence-electron chi connectivity index (χ3n) is 4.25. The van der Waals surface area contributed by atoms with E-state index in [2.05, 4.69) is 20.5 Å². The molecule has 144 valence electrons. The fourth-order valence-electron chi connectivity index (χ4n) is 2.83. The molecule has 1 amide bonds. The van der Waals surface area contributed by atoms with E-state index < -0.39 is 0 Å². The van der Waals surface area contributed by atoms with E-state index >= 15 is 0 Å². The van der Waals surface area contributed by atoms with Crippen LogP contribution in [0.1, 0.15) is 11.3 Å². The average Bonchev–Trinajstić information content (AvgIpc) is 3.34. The molecule has 0 saturated carbocycles. The van der Waals surface area contributed by atoms with E-state index in [0.29, 0.717) is 16.7 Å². The first-order valence-electron chi connectivity index (χ1n) is 8.49. The van der Waals surface area contributed by atoms with Gasteiger partial charge in [-0.1, -0.05) is 41.6 Å². The Morgan fingerprint density at radius 3 is 2.96 bits per heavy atom. The number of rotatable bonds is 6. The Hall–Kier alpha value is -2.36.